The van der Waals surface area contributed by atoms with Crippen LogP contribution >= 0.6 is 0 Å². The van der Waals surface area contributed by atoms with E-state index in [4.69, 9.17) is 14.7 Å². The second kappa shape index (κ2) is 4.53. The summed E-state index contributed by atoms with van der Waals surface area (Å²) in [5.41, 5.74) is 3.67. The van der Waals surface area contributed by atoms with Gasteiger partial charge in [-0.25, -0.2) is 4.98 Å². The van der Waals surface area contributed by atoms with Crippen LogP contribution in [0.5, 0.6) is 11.5 Å². The Balaban J connectivity index is 1.71. The molecule has 0 saturated carbocycles. The predicted octanol–water partition coefficient (Wildman–Crippen LogP) is 2.68. The van der Waals surface area contributed by atoms with Crippen LogP contribution < -0.4 is 9.47 Å². The predicted molar refractivity (Wildman–Crippen MR) is 76.1 cm³/mol. The van der Waals surface area contributed by atoms with Gasteiger partial charge in [-0.3, -0.25) is 0 Å². The van der Waals surface area contributed by atoms with Crippen molar-refractivity contribution in [2.24, 2.45) is 0 Å². The van der Waals surface area contributed by atoms with Gasteiger partial charge in [-0.15, -0.1) is 0 Å². The van der Waals surface area contributed by atoms with Crippen molar-refractivity contribution in [2.75, 3.05) is 6.79 Å². The molecule has 5 heteroatoms. The van der Waals surface area contributed by atoms with Crippen LogP contribution in [0.3, 0.4) is 0 Å². The van der Waals surface area contributed by atoms with Crippen molar-refractivity contribution in [1.29, 1.82) is 5.26 Å². The first-order chi connectivity index (χ1) is 10.3. The molecule has 0 saturated heterocycles. The highest BCUT2D eigenvalue weighted by molar-refractivity contribution is 5.80. The van der Waals surface area contributed by atoms with Crippen LogP contribution in [-0.2, 0) is 6.54 Å². The minimum atomic E-state index is 0.261. The Hall–Kier alpha value is -3.00. The zero-order valence-corrected chi connectivity index (χ0v) is 11.1. The molecule has 0 fully saturated rings. The van der Waals surface area contributed by atoms with Gasteiger partial charge in [0.15, 0.2) is 11.5 Å². The highest BCUT2D eigenvalue weighted by Crippen LogP contribution is 2.35. The molecule has 0 radical (unpaired) electrons. The van der Waals surface area contributed by atoms with Gasteiger partial charge in [-0.1, -0.05) is 12.1 Å². The SMILES string of the molecule is N#Cc1ccc(Cn2cnc3cc4c(cc32)OCO4)cc1. The van der Waals surface area contributed by atoms with E-state index >= 15 is 0 Å². The molecule has 0 amide bonds. The van der Waals surface area contributed by atoms with Crippen molar-refractivity contribution in [3.63, 3.8) is 0 Å². The number of aromatic nitrogens is 2. The molecule has 1 aromatic heterocycles. The van der Waals surface area contributed by atoms with Gasteiger partial charge in [0, 0.05) is 18.7 Å². The van der Waals surface area contributed by atoms with E-state index in [-0.39, 0.29) is 6.79 Å². The largest absolute Gasteiger partial charge is 0.454 e. The number of imidazole rings is 1. The molecule has 0 spiro atoms. The number of hydrogen-bond acceptors (Lipinski definition) is 4. The third-order valence-electron chi connectivity index (χ3n) is 3.55. The van der Waals surface area contributed by atoms with Gasteiger partial charge < -0.3 is 14.0 Å². The summed E-state index contributed by atoms with van der Waals surface area (Å²) in [6.45, 7) is 0.958. The van der Waals surface area contributed by atoms with Gasteiger partial charge in [-0.05, 0) is 17.7 Å². The van der Waals surface area contributed by atoms with Gasteiger partial charge in [-0.2, -0.15) is 5.26 Å². The molecule has 1 aliphatic rings. The molecule has 2 aromatic carbocycles. The number of ether oxygens (including phenoxy) is 2. The lowest BCUT2D eigenvalue weighted by atomic mass is 10.1. The van der Waals surface area contributed by atoms with Gasteiger partial charge in [0.2, 0.25) is 6.79 Å². The Labute approximate surface area is 121 Å². The quantitative estimate of drug-likeness (QED) is 0.722. The molecule has 0 N–H and O–H groups in total. The highest BCUT2D eigenvalue weighted by Gasteiger charge is 2.16. The van der Waals surface area contributed by atoms with E-state index in [9.17, 15) is 0 Å². The minimum absolute atomic E-state index is 0.261. The molecular formula is C16H11N3O2. The van der Waals surface area contributed by atoms with E-state index < -0.39 is 0 Å². The third-order valence-corrected chi connectivity index (χ3v) is 3.55. The van der Waals surface area contributed by atoms with Crippen LogP contribution in [0, 0.1) is 11.3 Å². The monoisotopic (exact) mass is 277 g/mol. The number of benzene rings is 2. The van der Waals surface area contributed by atoms with Crippen molar-refractivity contribution in [3.8, 4) is 17.6 Å². The summed E-state index contributed by atoms with van der Waals surface area (Å²) in [5.74, 6) is 1.50. The molecule has 4 rings (SSSR count). The molecule has 2 heterocycles. The Bertz CT molecular complexity index is 860. The van der Waals surface area contributed by atoms with Crippen LogP contribution in [0.4, 0.5) is 0 Å². The lowest BCUT2D eigenvalue weighted by molar-refractivity contribution is 0.174. The zero-order valence-electron chi connectivity index (χ0n) is 11.1. The maximum Gasteiger partial charge on any atom is 0.231 e. The smallest absolute Gasteiger partial charge is 0.231 e. The van der Waals surface area contributed by atoms with Crippen LogP contribution in [0.1, 0.15) is 11.1 Å². The van der Waals surface area contributed by atoms with E-state index in [1.54, 1.807) is 6.33 Å². The number of fused-ring (bicyclic) bond motifs is 2. The summed E-state index contributed by atoms with van der Waals surface area (Å²) >= 11 is 0. The Morgan fingerprint density at radius 2 is 1.90 bits per heavy atom. The standard InChI is InChI=1S/C16H11N3O2/c17-7-11-1-3-12(4-2-11)8-19-9-18-13-5-15-16(6-14(13)19)21-10-20-15/h1-6,9H,8,10H2. The molecule has 0 aliphatic carbocycles. The number of hydrogen-bond donors (Lipinski definition) is 0. The third kappa shape index (κ3) is 1.98. The second-order valence-corrected chi connectivity index (χ2v) is 4.88. The van der Waals surface area contributed by atoms with Crippen LogP contribution in [0.2, 0.25) is 0 Å². The van der Waals surface area contributed by atoms with Crippen molar-refractivity contribution in [3.05, 3.63) is 53.9 Å². The Morgan fingerprint density at radius 3 is 2.67 bits per heavy atom. The Kier molecular flexibility index (Phi) is 2.54. The van der Waals surface area contributed by atoms with Gasteiger partial charge in [0.1, 0.15) is 0 Å². The number of rotatable bonds is 2. The molecule has 0 unspecified atom stereocenters. The van der Waals surface area contributed by atoms with E-state index in [1.807, 2.05) is 36.4 Å². The summed E-state index contributed by atoms with van der Waals surface area (Å²) in [5, 5.41) is 8.83. The normalized spacial score (nSPS) is 12.5. The van der Waals surface area contributed by atoms with E-state index in [2.05, 4.69) is 15.6 Å². The molecule has 3 aromatic rings. The first kappa shape index (κ1) is 11.8. The highest BCUT2D eigenvalue weighted by atomic mass is 16.7. The van der Waals surface area contributed by atoms with Crippen molar-refractivity contribution in [2.45, 2.75) is 6.54 Å². The number of nitrogens with zero attached hydrogens (tertiary/aromatic N) is 3. The van der Waals surface area contributed by atoms with Crippen LogP contribution in [-0.4, -0.2) is 16.3 Å². The minimum Gasteiger partial charge on any atom is -0.454 e. The topological polar surface area (TPSA) is 60.1 Å². The van der Waals surface area contributed by atoms with E-state index in [0.29, 0.717) is 12.1 Å². The molecule has 0 atom stereocenters. The van der Waals surface area contributed by atoms with Gasteiger partial charge in [0.25, 0.3) is 0 Å². The van der Waals surface area contributed by atoms with Gasteiger partial charge in [0.05, 0.1) is 29.0 Å². The van der Waals surface area contributed by atoms with E-state index in [0.717, 1.165) is 28.1 Å². The number of nitriles is 1. The molecule has 0 bridgehead atoms. The fourth-order valence-corrected chi connectivity index (χ4v) is 2.46. The molecule has 102 valence electrons. The van der Waals surface area contributed by atoms with E-state index in [1.165, 1.54) is 0 Å². The first-order valence-electron chi connectivity index (χ1n) is 6.57. The lowest BCUT2D eigenvalue weighted by Crippen LogP contribution is -1.98. The fraction of sp³-hybridized carbons (Fsp3) is 0.125. The lowest BCUT2D eigenvalue weighted by Gasteiger charge is -2.05. The Morgan fingerprint density at radius 1 is 1.14 bits per heavy atom. The maximum absolute atomic E-state index is 8.83. The second-order valence-electron chi connectivity index (χ2n) is 4.88. The summed E-state index contributed by atoms with van der Waals surface area (Å²) in [6.07, 6.45) is 1.80. The van der Waals surface area contributed by atoms with Crippen LogP contribution in [0.15, 0.2) is 42.7 Å². The summed E-state index contributed by atoms with van der Waals surface area (Å²) in [6, 6.07) is 13.5. The first-order valence-corrected chi connectivity index (χ1v) is 6.57. The molecule has 5 nitrogen and oxygen atoms in total. The fourth-order valence-electron chi connectivity index (χ4n) is 2.46. The molecular weight excluding hydrogens is 266 g/mol. The molecule has 1 aliphatic heterocycles. The van der Waals surface area contributed by atoms with Crippen molar-refractivity contribution in [1.82, 2.24) is 9.55 Å². The zero-order chi connectivity index (χ0) is 14.2. The molecule has 21 heavy (non-hydrogen) atoms. The van der Waals surface area contributed by atoms with Crippen LogP contribution in [0.25, 0.3) is 11.0 Å². The average molecular weight is 277 g/mol. The maximum atomic E-state index is 8.83. The van der Waals surface area contributed by atoms with Crippen molar-refractivity contribution < 1.29 is 9.47 Å². The average Bonchev–Trinajstić information content (AvgIpc) is 3.13. The van der Waals surface area contributed by atoms with Gasteiger partial charge >= 0.3 is 0 Å². The summed E-state index contributed by atoms with van der Waals surface area (Å²) in [7, 11) is 0. The van der Waals surface area contributed by atoms with Crippen molar-refractivity contribution >= 4 is 11.0 Å². The summed E-state index contributed by atoms with van der Waals surface area (Å²) < 4.78 is 12.8. The summed E-state index contributed by atoms with van der Waals surface area (Å²) in [4.78, 5) is 4.40.